The zero-order chi connectivity index (χ0) is 10.7. The highest BCUT2D eigenvalue weighted by molar-refractivity contribution is 5.45. The molecule has 0 saturated heterocycles. The third kappa shape index (κ3) is 2.07. The molecule has 82 valence electrons. The van der Waals surface area contributed by atoms with E-state index in [0.29, 0.717) is 6.79 Å². The van der Waals surface area contributed by atoms with Gasteiger partial charge in [-0.05, 0) is 31.0 Å². The molecular formula is C12H16O3. The Morgan fingerprint density at radius 2 is 2.07 bits per heavy atom. The lowest BCUT2D eigenvalue weighted by Gasteiger charge is -2.15. The summed E-state index contributed by atoms with van der Waals surface area (Å²) in [7, 11) is 0. The first kappa shape index (κ1) is 10.3. The Kier molecular flexibility index (Phi) is 3.11. The van der Waals surface area contributed by atoms with E-state index < -0.39 is 0 Å². The molecule has 1 atom stereocenters. The van der Waals surface area contributed by atoms with Gasteiger partial charge in [-0.2, -0.15) is 0 Å². The van der Waals surface area contributed by atoms with Crippen molar-refractivity contribution in [2.45, 2.75) is 26.4 Å². The van der Waals surface area contributed by atoms with E-state index in [0.717, 1.165) is 30.1 Å². The minimum Gasteiger partial charge on any atom is -0.454 e. The first-order valence-corrected chi connectivity index (χ1v) is 5.36. The maximum absolute atomic E-state index is 5.64. The van der Waals surface area contributed by atoms with Crippen LogP contribution in [0.15, 0.2) is 18.2 Å². The average molecular weight is 208 g/mol. The monoisotopic (exact) mass is 208 g/mol. The Labute approximate surface area is 90.0 Å². The van der Waals surface area contributed by atoms with Gasteiger partial charge < -0.3 is 14.2 Å². The average Bonchev–Trinajstić information content (AvgIpc) is 2.72. The van der Waals surface area contributed by atoms with Crippen molar-refractivity contribution in [3.8, 4) is 11.5 Å². The Morgan fingerprint density at radius 3 is 2.80 bits per heavy atom. The zero-order valence-corrected chi connectivity index (χ0v) is 9.16. The van der Waals surface area contributed by atoms with Crippen molar-refractivity contribution in [3.63, 3.8) is 0 Å². The van der Waals surface area contributed by atoms with Crippen LogP contribution in [0.2, 0.25) is 0 Å². The molecule has 0 radical (unpaired) electrons. The summed E-state index contributed by atoms with van der Waals surface area (Å²) in [5.74, 6) is 1.65. The van der Waals surface area contributed by atoms with Gasteiger partial charge in [-0.15, -0.1) is 0 Å². The minimum atomic E-state index is 0.157. The summed E-state index contributed by atoms with van der Waals surface area (Å²) >= 11 is 0. The van der Waals surface area contributed by atoms with Crippen LogP contribution in [0.3, 0.4) is 0 Å². The van der Waals surface area contributed by atoms with E-state index >= 15 is 0 Å². The van der Waals surface area contributed by atoms with E-state index in [1.54, 1.807) is 0 Å². The number of hydrogen-bond acceptors (Lipinski definition) is 3. The van der Waals surface area contributed by atoms with Gasteiger partial charge in [0.1, 0.15) is 0 Å². The highest BCUT2D eigenvalue weighted by Crippen LogP contribution is 2.35. The first-order valence-electron chi connectivity index (χ1n) is 5.36. The van der Waals surface area contributed by atoms with Gasteiger partial charge in [0.2, 0.25) is 6.79 Å². The topological polar surface area (TPSA) is 27.7 Å². The van der Waals surface area contributed by atoms with Gasteiger partial charge in [-0.3, -0.25) is 0 Å². The number of rotatable bonds is 4. The second-order valence-corrected chi connectivity index (χ2v) is 3.46. The van der Waals surface area contributed by atoms with Crippen LogP contribution >= 0.6 is 0 Å². The molecule has 1 aliphatic rings. The van der Waals surface area contributed by atoms with E-state index in [1.165, 1.54) is 0 Å². The SMILES string of the molecule is CCOC(CC)c1ccc2c(c1)OCO2. The largest absolute Gasteiger partial charge is 0.454 e. The maximum Gasteiger partial charge on any atom is 0.231 e. The van der Waals surface area contributed by atoms with E-state index in [-0.39, 0.29) is 6.10 Å². The summed E-state index contributed by atoms with van der Waals surface area (Å²) in [6.45, 7) is 5.18. The summed E-state index contributed by atoms with van der Waals surface area (Å²) in [4.78, 5) is 0. The quantitative estimate of drug-likeness (QED) is 0.761. The second kappa shape index (κ2) is 4.53. The van der Waals surface area contributed by atoms with Gasteiger partial charge in [-0.1, -0.05) is 13.0 Å². The molecule has 0 N–H and O–H groups in total. The molecule has 3 heteroatoms. The minimum absolute atomic E-state index is 0.157. The highest BCUT2D eigenvalue weighted by atomic mass is 16.7. The Hall–Kier alpha value is -1.22. The fourth-order valence-corrected chi connectivity index (χ4v) is 1.76. The van der Waals surface area contributed by atoms with Crippen LogP contribution in [-0.2, 0) is 4.74 Å². The Balaban J connectivity index is 2.20. The van der Waals surface area contributed by atoms with E-state index in [1.807, 2.05) is 25.1 Å². The van der Waals surface area contributed by atoms with Gasteiger partial charge >= 0.3 is 0 Å². The third-order valence-electron chi connectivity index (χ3n) is 2.51. The molecule has 0 fully saturated rings. The van der Waals surface area contributed by atoms with Crippen molar-refractivity contribution in [2.24, 2.45) is 0 Å². The first-order chi connectivity index (χ1) is 7.35. The van der Waals surface area contributed by atoms with Crippen LogP contribution < -0.4 is 9.47 Å². The van der Waals surface area contributed by atoms with Crippen molar-refractivity contribution in [3.05, 3.63) is 23.8 Å². The molecule has 1 aromatic rings. The number of ether oxygens (including phenoxy) is 3. The molecule has 15 heavy (non-hydrogen) atoms. The van der Waals surface area contributed by atoms with E-state index in [9.17, 15) is 0 Å². The van der Waals surface area contributed by atoms with Crippen LogP contribution in [0.5, 0.6) is 11.5 Å². The molecule has 1 heterocycles. The molecule has 0 amide bonds. The molecule has 0 bridgehead atoms. The lowest BCUT2D eigenvalue weighted by atomic mass is 10.1. The van der Waals surface area contributed by atoms with E-state index in [2.05, 4.69) is 6.92 Å². The van der Waals surface area contributed by atoms with Gasteiger partial charge in [0.15, 0.2) is 11.5 Å². The van der Waals surface area contributed by atoms with E-state index in [4.69, 9.17) is 14.2 Å². The predicted molar refractivity (Wildman–Crippen MR) is 57.2 cm³/mol. The zero-order valence-electron chi connectivity index (χ0n) is 9.16. The molecule has 0 saturated carbocycles. The maximum atomic E-state index is 5.64. The highest BCUT2D eigenvalue weighted by Gasteiger charge is 2.16. The molecule has 1 aromatic carbocycles. The van der Waals surface area contributed by atoms with Crippen molar-refractivity contribution in [1.82, 2.24) is 0 Å². The van der Waals surface area contributed by atoms with Gasteiger partial charge in [0.25, 0.3) is 0 Å². The van der Waals surface area contributed by atoms with Crippen LogP contribution in [0, 0.1) is 0 Å². The van der Waals surface area contributed by atoms with Gasteiger partial charge in [0.05, 0.1) is 6.10 Å². The van der Waals surface area contributed by atoms with Crippen molar-refractivity contribution < 1.29 is 14.2 Å². The summed E-state index contributed by atoms with van der Waals surface area (Å²) in [6, 6.07) is 5.99. The van der Waals surface area contributed by atoms with Gasteiger partial charge in [0, 0.05) is 6.61 Å². The van der Waals surface area contributed by atoms with Crippen LogP contribution in [0.25, 0.3) is 0 Å². The molecule has 1 unspecified atom stereocenters. The molecule has 3 nitrogen and oxygen atoms in total. The van der Waals surface area contributed by atoms with Crippen molar-refractivity contribution in [1.29, 1.82) is 0 Å². The molecule has 2 rings (SSSR count). The summed E-state index contributed by atoms with van der Waals surface area (Å²) in [6.07, 6.45) is 1.12. The van der Waals surface area contributed by atoms with Crippen molar-refractivity contribution >= 4 is 0 Å². The Morgan fingerprint density at radius 1 is 1.27 bits per heavy atom. The second-order valence-electron chi connectivity index (χ2n) is 3.46. The smallest absolute Gasteiger partial charge is 0.231 e. The summed E-state index contributed by atoms with van der Waals surface area (Å²) in [5.41, 5.74) is 1.16. The van der Waals surface area contributed by atoms with Crippen LogP contribution in [0.1, 0.15) is 31.9 Å². The molecular weight excluding hydrogens is 192 g/mol. The fraction of sp³-hybridized carbons (Fsp3) is 0.500. The van der Waals surface area contributed by atoms with Gasteiger partial charge in [-0.25, -0.2) is 0 Å². The number of benzene rings is 1. The van der Waals surface area contributed by atoms with Crippen LogP contribution in [0.4, 0.5) is 0 Å². The van der Waals surface area contributed by atoms with Crippen molar-refractivity contribution in [2.75, 3.05) is 13.4 Å². The molecule has 1 aliphatic heterocycles. The molecule has 0 aromatic heterocycles. The fourth-order valence-electron chi connectivity index (χ4n) is 1.76. The summed E-state index contributed by atoms with van der Waals surface area (Å²) < 4.78 is 16.2. The third-order valence-corrected chi connectivity index (χ3v) is 2.51. The number of fused-ring (bicyclic) bond motifs is 1. The predicted octanol–water partition coefficient (Wildman–Crippen LogP) is 2.90. The standard InChI is InChI=1S/C12H16O3/c1-3-10(13-4-2)9-5-6-11-12(7-9)15-8-14-11/h5-7,10H,3-4,8H2,1-2H3. The molecule has 0 spiro atoms. The Bertz CT molecular complexity index is 336. The normalized spacial score (nSPS) is 15.3. The number of hydrogen-bond donors (Lipinski definition) is 0. The summed E-state index contributed by atoms with van der Waals surface area (Å²) in [5, 5.41) is 0. The molecule has 0 aliphatic carbocycles. The lowest BCUT2D eigenvalue weighted by molar-refractivity contribution is 0.0597. The lowest BCUT2D eigenvalue weighted by Crippen LogP contribution is -2.02. The van der Waals surface area contributed by atoms with Crippen LogP contribution in [-0.4, -0.2) is 13.4 Å².